The Morgan fingerprint density at radius 2 is 1.58 bits per heavy atom. The number of aryl methyl sites for hydroxylation is 3. The second-order valence-electron chi connectivity index (χ2n) is 7.10. The van der Waals surface area contributed by atoms with Crippen LogP contribution >= 0.6 is 0 Å². The lowest BCUT2D eigenvalue weighted by molar-refractivity contribution is -0.659. The molecule has 0 saturated carbocycles. The van der Waals surface area contributed by atoms with Gasteiger partial charge in [-0.25, -0.2) is 0 Å². The van der Waals surface area contributed by atoms with E-state index in [2.05, 4.69) is 92.3 Å². The summed E-state index contributed by atoms with van der Waals surface area (Å²) < 4.78 is 8.65. The van der Waals surface area contributed by atoms with Crippen LogP contribution in [0.15, 0.2) is 71.3 Å². The molecule has 0 saturated heterocycles. The van der Waals surface area contributed by atoms with Gasteiger partial charge < -0.3 is 4.42 Å². The Morgan fingerprint density at radius 3 is 2.42 bits per heavy atom. The molecule has 2 nitrogen and oxygen atoms in total. The highest BCUT2D eigenvalue weighted by molar-refractivity contribution is 6.16. The number of benzene rings is 3. The van der Waals surface area contributed by atoms with Crippen molar-refractivity contribution >= 4 is 32.7 Å². The zero-order chi connectivity index (χ0) is 17.8. The predicted octanol–water partition coefficient (Wildman–Crippen LogP) is 5.85. The molecule has 2 heterocycles. The van der Waals surface area contributed by atoms with Gasteiger partial charge >= 0.3 is 0 Å². The SMILES string of the molecule is Cc1ccc(-c2c3oc4c5ccccc5ccc4c3cc[n+]2C)c(C)c1. The van der Waals surface area contributed by atoms with Gasteiger partial charge in [-0.1, -0.05) is 48.0 Å². The number of nitrogens with zero attached hydrogens (tertiary/aromatic N) is 1. The maximum atomic E-state index is 6.50. The minimum Gasteiger partial charge on any atom is -0.448 e. The van der Waals surface area contributed by atoms with E-state index in [0.717, 1.165) is 22.2 Å². The number of furan rings is 1. The minimum atomic E-state index is 0.952. The van der Waals surface area contributed by atoms with Crippen molar-refractivity contribution in [3.8, 4) is 11.3 Å². The van der Waals surface area contributed by atoms with Crippen molar-refractivity contribution < 1.29 is 8.98 Å². The van der Waals surface area contributed by atoms with E-state index in [1.807, 2.05) is 0 Å². The third kappa shape index (κ3) is 2.08. The van der Waals surface area contributed by atoms with E-state index in [1.54, 1.807) is 0 Å². The van der Waals surface area contributed by atoms with Gasteiger partial charge in [-0.15, -0.1) is 0 Å². The monoisotopic (exact) mass is 338 g/mol. The summed E-state index contributed by atoms with van der Waals surface area (Å²) in [6, 6.07) is 21.5. The number of fused-ring (bicyclic) bond motifs is 5. The zero-order valence-electron chi connectivity index (χ0n) is 15.2. The summed E-state index contributed by atoms with van der Waals surface area (Å²) >= 11 is 0. The summed E-state index contributed by atoms with van der Waals surface area (Å²) in [4.78, 5) is 0. The van der Waals surface area contributed by atoms with Crippen LogP contribution in [-0.2, 0) is 7.05 Å². The summed E-state index contributed by atoms with van der Waals surface area (Å²) in [5.74, 6) is 0. The summed E-state index contributed by atoms with van der Waals surface area (Å²) in [6.07, 6.45) is 2.13. The van der Waals surface area contributed by atoms with Gasteiger partial charge in [-0.3, -0.25) is 0 Å². The fourth-order valence-electron chi connectivity index (χ4n) is 4.00. The molecule has 2 aromatic heterocycles. The van der Waals surface area contributed by atoms with Crippen LogP contribution in [-0.4, -0.2) is 0 Å². The van der Waals surface area contributed by atoms with Crippen molar-refractivity contribution in [2.24, 2.45) is 7.05 Å². The average Bonchev–Trinajstić information content (AvgIpc) is 3.02. The molecule has 0 N–H and O–H groups in total. The van der Waals surface area contributed by atoms with E-state index in [9.17, 15) is 0 Å². The molecule has 0 unspecified atom stereocenters. The Kier molecular flexibility index (Phi) is 3.17. The van der Waals surface area contributed by atoms with Crippen LogP contribution in [0.3, 0.4) is 0 Å². The quantitative estimate of drug-likeness (QED) is 0.351. The molecule has 2 heteroatoms. The maximum absolute atomic E-state index is 6.50. The van der Waals surface area contributed by atoms with Gasteiger partial charge in [0.2, 0.25) is 5.58 Å². The fourth-order valence-corrected chi connectivity index (χ4v) is 4.00. The molecule has 126 valence electrons. The summed E-state index contributed by atoms with van der Waals surface area (Å²) in [6.45, 7) is 4.30. The topological polar surface area (TPSA) is 17.0 Å². The van der Waals surface area contributed by atoms with Gasteiger partial charge in [0.15, 0.2) is 6.20 Å². The lowest BCUT2D eigenvalue weighted by Crippen LogP contribution is -2.30. The van der Waals surface area contributed by atoms with E-state index in [-0.39, 0.29) is 0 Å². The molecule has 0 radical (unpaired) electrons. The van der Waals surface area contributed by atoms with E-state index >= 15 is 0 Å². The first-order chi connectivity index (χ1) is 12.6. The lowest BCUT2D eigenvalue weighted by atomic mass is 10.0. The summed E-state index contributed by atoms with van der Waals surface area (Å²) in [7, 11) is 2.08. The van der Waals surface area contributed by atoms with Gasteiger partial charge in [0.05, 0.1) is 5.56 Å². The van der Waals surface area contributed by atoms with Gasteiger partial charge in [-0.2, -0.15) is 4.57 Å². The maximum Gasteiger partial charge on any atom is 0.256 e. The Bertz CT molecular complexity index is 1310. The van der Waals surface area contributed by atoms with Crippen LogP contribution in [0.1, 0.15) is 11.1 Å². The molecular formula is C24H20NO+. The standard InChI is InChI=1S/C24H20NO/c1-15-8-10-18(16(2)14-15)22-24-21(12-13-25(22)3)20-11-9-17-6-4-5-7-19(17)23(20)26-24/h4-14H,1-3H3/q+1. The molecule has 0 aliphatic heterocycles. The van der Waals surface area contributed by atoms with Crippen molar-refractivity contribution in [3.63, 3.8) is 0 Å². The Morgan fingerprint density at radius 1 is 0.769 bits per heavy atom. The van der Waals surface area contributed by atoms with Gasteiger partial charge in [-0.05, 0) is 36.9 Å². The molecule has 3 aromatic carbocycles. The normalized spacial score (nSPS) is 11.7. The van der Waals surface area contributed by atoms with E-state index in [0.29, 0.717) is 0 Å². The van der Waals surface area contributed by atoms with Gasteiger partial charge in [0.1, 0.15) is 12.6 Å². The second-order valence-corrected chi connectivity index (χ2v) is 7.10. The first-order valence-corrected chi connectivity index (χ1v) is 8.94. The van der Waals surface area contributed by atoms with Crippen LogP contribution in [0.2, 0.25) is 0 Å². The van der Waals surface area contributed by atoms with Crippen molar-refractivity contribution in [2.75, 3.05) is 0 Å². The highest BCUT2D eigenvalue weighted by atomic mass is 16.3. The number of hydrogen-bond donors (Lipinski definition) is 0. The molecule has 0 spiro atoms. The van der Waals surface area contributed by atoms with Gasteiger partial charge in [0, 0.05) is 22.2 Å². The third-order valence-corrected chi connectivity index (χ3v) is 5.29. The second kappa shape index (κ2) is 5.43. The molecule has 0 aliphatic rings. The molecule has 5 aromatic rings. The molecule has 0 aliphatic carbocycles. The smallest absolute Gasteiger partial charge is 0.256 e. The molecule has 5 rings (SSSR count). The van der Waals surface area contributed by atoms with Crippen LogP contribution in [0.5, 0.6) is 0 Å². The van der Waals surface area contributed by atoms with E-state index in [1.165, 1.54) is 32.8 Å². The largest absolute Gasteiger partial charge is 0.448 e. The molecular weight excluding hydrogens is 318 g/mol. The Labute approximate surface area is 152 Å². The molecule has 0 atom stereocenters. The van der Waals surface area contributed by atoms with E-state index < -0.39 is 0 Å². The van der Waals surface area contributed by atoms with Crippen molar-refractivity contribution in [3.05, 3.63) is 78.0 Å². The Hall–Kier alpha value is -3.13. The van der Waals surface area contributed by atoms with E-state index in [4.69, 9.17) is 4.42 Å². The third-order valence-electron chi connectivity index (χ3n) is 5.29. The molecule has 0 amide bonds. The molecule has 26 heavy (non-hydrogen) atoms. The molecule has 0 bridgehead atoms. The number of aromatic nitrogens is 1. The lowest BCUT2D eigenvalue weighted by Gasteiger charge is -2.05. The highest BCUT2D eigenvalue weighted by Gasteiger charge is 2.22. The average molecular weight is 338 g/mol. The van der Waals surface area contributed by atoms with Crippen LogP contribution < -0.4 is 4.57 Å². The first kappa shape index (κ1) is 15.2. The zero-order valence-corrected chi connectivity index (χ0v) is 15.2. The molecule has 0 fully saturated rings. The van der Waals surface area contributed by atoms with Crippen LogP contribution in [0.25, 0.3) is 44.0 Å². The van der Waals surface area contributed by atoms with Crippen molar-refractivity contribution in [1.29, 1.82) is 0 Å². The number of rotatable bonds is 1. The van der Waals surface area contributed by atoms with Crippen LogP contribution in [0.4, 0.5) is 0 Å². The van der Waals surface area contributed by atoms with Crippen molar-refractivity contribution in [2.45, 2.75) is 13.8 Å². The van der Waals surface area contributed by atoms with Crippen molar-refractivity contribution in [1.82, 2.24) is 0 Å². The highest BCUT2D eigenvalue weighted by Crippen LogP contribution is 2.37. The summed E-state index contributed by atoms with van der Waals surface area (Å²) in [5, 5.41) is 4.70. The number of hydrogen-bond acceptors (Lipinski definition) is 1. The first-order valence-electron chi connectivity index (χ1n) is 8.94. The fraction of sp³-hybridized carbons (Fsp3) is 0.125. The Balaban J connectivity index is 1.95. The van der Waals surface area contributed by atoms with Gasteiger partial charge in [0.25, 0.3) is 5.69 Å². The predicted molar refractivity (Wildman–Crippen MR) is 107 cm³/mol. The van der Waals surface area contributed by atoms with Crippen LogP contribution in [0, 0.1) is 13.8 Å². The summed E-state index contributed by atoms with van der Waals surface area (Å²) in [5.41, 5.74) is 6.80. The number of pyridine rings is 1. The minimum absolute atomic E-state index is 0.952.